The van der Waals surface area contributed by atoms with Crippen molar-refractivity contribution in [2.24, 2.45) is 0 Å². The van der Waals surface area contributed by atoms with Gasteiger partial charge >= 0.3 is 5.97 Å². The Morgan fingerprint density at radius 3 is 2.68 bits per heavy atom. The summed E-state index contributed by atoms with van der Waals surface area (Å²) in [6, 6.07) is 12.7. The zero-order valence-corrected chi connectivity index (χ0v) is 18.3. The quantitative estimate of drug-likeness (QED) is 0.344. The van der Waals surface area contributed by atoms with Crippen LogP contribution in [0.25, 0.3) is 6.08 Å². The number of carbonyl (C=O) groups is 2. The van der Waals surface area contributed by atoms with Crippen LogP contribution in [0.5, 0.6) is 11.5 Å². The van der Waals surface area contributed by atoms with Crippen molar-refractivity contribution in [1.29, 1.82) is 0 Å². The molecule has 0 radical (unpaired) electrons. The van der Waals surface area contributed by atoms with Gasteiger partial charge in [0.1, 0.15) is 0 Å². The van der Waals surface area contributed by atoms with Gasteiger partial charge in [0.05, 0.1) is 21.3 Å². The highest BCUT2D eigenvalue weighted by Crippen LogP contribution is 2.38. The molecule has 2 aromatic carbocycles. The Hall–Kier alpha value is -2.11. The number of benzene rings is 2. The number of hydrogen-bond acceptors (Lipinski definition) is 6. The predicted molar refractivity (Wildman–Crippen MR) is 121 cm³/mol. The molecule has 1 heterocycles. The number of thiocarbonyl (C=S) groups is 1. The van der Waals surface area contributed by atoms with Crippen LogP contribution >= 0.6 is 46.6 Å². The van der Waals surface area contributed by atoms with Gasteiger partial charge in [0.2, 0.25) is 0 Å². The number of methoxy groups -OCH3 is 1. The van der Waals surface area contributed by atoms with E-state index in [-0.39, 0.29) is 5.91 Å². The van der Waals surface area contributed by atoms with E-state index in [0.717, 1.165) is 11.3 Å². The molecular formula is C19H14INO5S2. The summed E-state index contributed by atoms with van der Waals surface area (Å²) in [5.41, 5.74) is 1.44. The number of halogens is 1. The number of para-hydroxylation sites is 1. The maximum Gasteiger partial charge on any atom is 0.341 e. The topological polar surface area (TPSA) is 76.1 Å². The van der Waals surface area contributed by atoms with Crippen molar-refractivity contribution < 1.29 is 24.2 Å². The van der Waals surface area contributed by atoms with Gasteiger partial charge in [-0.05, 0) is 58.5 Å². The molecule has 2 aromatic rings. The second kappa shape index (κ2) is 8.93. The fourth-order valence-corrected chi connectivity index (χ4v) is 4.60. The third-order valence-electron chi connectivity index (χ3n) is 3.70. The smallest absolute Gasteiger partial charge is 0.341 e. The second-order valence-corrected chi connectivity index (χ2v) is 8.41. The van der Waals surface area contributed by atoms with Crippen LogP contribution in [0.3, 0.4) is 0 Å². The van der Waals surface area contributed by atoms with Gasteiger partial charge in [0.25, 0.3) is 5.91 Å². The lowest BCUT2D eigenvalue weighted by atomic mass is 10.1. The van der Waals surface area contributed by atoms with Gasteiger partial charge in [-0.3, -0.25) is 9.69 Å². The van der Waals surface area contributed by atoms with Crippen molar-refractivity contribution in [3.63, 3.8) is 0 Å². The Kier molecular flexibility index (Phi) is 6.57. The van der Waals surface area contributed by atoms with E-state index < -0.39 is 12.6 Å². The zero-order valence-electron chi connectivity index (χ0n) is 14.5. The Labute approximate surface area is 184 Å². The van der Waals surface area contributed by atoms with Crippen molar-refractivity contribution in [2.45, 2.75) is 0 Å². The van der Waals surface area contributed by atoms with Crippen LogP contribution in [-0.2, 0) is 9.59 Å². The molecule has 9 heteroatoms. The van der Waals surface area contributed by atoms with E-state index in [1.807, 2.05) is 52.9 Å². The monoisotopic (exact) mass is 527 g/mol. The number of rotatable bonds is 6. The summed E-state index contributed by atoms with van der Waals surface area (Å²) in [7, 11) is 1.47. The molecule has 1 aliphatic rings. The molecule has 1 fully saturated rings. The van der Waals surface area contributed by atoms with Crippen LogP contribution in [0.2, 0.25) is 0 Å². The molecule has 0 aliphatic carbocycles. The molecule has 1 saturated heterocycles. The lowest BCUT2D eigenvalue weighted by Gasteiger charge is -2.14. The Morgan fingerprint density at radius 1 is 1.32 bits per heavy atom. The van der Waals surface area contributed by atoms with Crippen molar-refractivity contribution in [3.8, 4) is 11.5 Å². The van der Waals surface area contributed by atoms with E-state index in [1.165, 1.54) is 23.8 Å². The molecule has 1 amide bonds. The minimum Gasteiger partial charge on any atom is -0.493 e. The summed E-state index contributed by atoms with van der Waals surface area (Å²) < 4.78 is 11.8. The molecular weight excluding hydrogens is 513 g/mol. The molecule has 0 unspecified atom stereocenters. The first-order valence-corrected chi connectivity index (χ1v) is 10.3. The summed E-state index contributed by atoms with van der Waals surface area (Å²) in [5, 5.41) is 8.81. The summed E-state index contributed by atoms with van der Waals surface area (Å²) in [4.78, 5) is 25.6. The molecule has 144 valence electrons. The molecule has 1 N–H and O–H groups in total. The Balaban J connectivity index is 1.91. The van der Waals surface area contributed by atoms with Crippen LogP contribution < -0.4 is 14.4 Å². The number of carboxylic acid groups (broad SMARTS) is 1. The molecule has 3 rings (SSSR count). The average Bonchev–Trinajstić information content (AvgIpc) is 2.94. The van der Waals surface area contributed by atoms with Crippen LogP contribution in [0, 0.1) is 3.57 Å². The lowest BCUT2D eigenvalue weighted by Crippen LogP contribution is -2.27. The fourth-order valence-electron chi connectivity index (χ4n) is 2.52. The first kappa shape index (κ1) is 20.6. The highest BCUT2D eigenvalue weighted by atomic mass is 127. The van der Waals surface area contributed by atoms with Gasteiger partial charge in [-0.15, -0.1) is 0 Å². The van der Waals surface area contributed by atoms with Gasteiger partial charge in [0, 0.05) is 0 Å². The first-order valence-electron chi connectivity index (χ1n) is 7.96. The molecule has 1 aliphatic heterocycles. The second-order valence-electron chi connectivity index (χ2n) is 5.57. The number of anilines is 1. The number of carbonyl (C=O) groups excluding carboxylic acids is 1. The van der Waals surface area contributed by atoms with Crippen molar-refractivity contribution in [3.05, 3.63) is 56.5 Å². The molecule has 0 atom stereocenters. The van der Waals surface area contributed by atoms with Crippen LogP contribution in [0.15, 0.2) is 47.4 Å². The van der Waals surface area contributed by atoms with Crippen molar-refractivity contribution >= 4 is 74.5 Å². The van der Waals surface area contributed by atoms with E-state index >= 15 is 0 Å². The van der Waals surface area contributed by atoms with Crippen molar-refractivity contribution in [2.75, 3.05) is 18.6 Å². The van der Waals surface area contributed by atoms with Gasteiger partial charge in [-0.1, -0.05) is 42.2 Å². The van der Waals surface area contributed by atoms with E-state index in [9.17, 15) is 9.59 Å². The highest BCUT2D eigenvalue weighted by molar-refractivity contribution is 14.1. The molecule has 28 heavy (non-hydrogen) atoms. The summed E-state index contributed by atoms with van der Waals surface area (Å²) in [6.07, 6.45) is 1.73. The number of thioether (sulfide) groups is 1. The van der Waals surface area contributed by atoms with Gasteiger partial charge in [-0.2, -0.15) is 0 Å². The molecule has 0 spiro atoms. The molecule has 0 bridgehead atoms. The van der Waals surface area contributed by atoms with E-state index in [0.29, 0.717) is 24.3 Å². The number of aliphatic carboxylic acids is 1. The number of carboxylic acids is 1. The Bertz CT molecular complexity index is 978. The van der Waals surface area contributed by atoms with Gasteiger partial charge < -0.3 is 14.6 Å². The highest BCUT2D eigenvalue weighted by Gasteiger charge is 2.33. The SMILES string of the molecule is COc1cc(/C=C2/SC(=S)N(c3ccccc3)C2=O)cc(I)c1OCC(=O)O. The minimum absolute atomic E-state index is 0.193. The van der Waals surface area contributed by atoms with Gasteiger partial charge in [-0.25, -0.2) is 4.79 Å². The first-order chi connectivity index (χ1) is 13.4. The van der Waals surface area contributed by atoms with E-state index in [2.05, 4.69) is 0 Å². The van der Waals surface area contributed by atoms with Crippen LogP contribution in [0.4, 0.5) is 5.69 Å². The third kappa shape index (κ3) is 4.47. The summed E-state index contributed by atoms with van der Waals surface area (Å²) in [5.74, 6) is -0.537. The maximum atomic E-state index is 12.8. The average molecular weight is 527 g/mol. The number of hydrogen-bond donors (Lipinski definition) is 1. The summed E-state index contributed by atoms with van der Waals surface area (Å²) >= 11 is 8.63. The molecule has 6 nitrogen and oxygen atoms in total. The van der Waals surface area contributed by atoms with Crippen LogP contribution in [0.1, 0.15) is 5.56 Å². The predicted octanol–water partition coefficient (Wildman–Crippen LogP) is 4.17. The number of ether oxygens (including phenoxy) is 2. The lowest BCUT2D eigenvalue weighted by molar-refractivity contribution is -0.139. The normalized spacial score (nSPS) is 15.2. The van der Waals surface area contributed by atoms with Crippen molar-refractivity contribution in [1.82, 2.24) is 0 Å². The fraction of sp³-hybridized carbons (Fsp3) is 0.105. The number of amides is 1. The van der Waals surface area contributed by atoms with Gasteiger partial charge in [0.15, 0.2) is 22.4 Å². The number of nitrogens with zero attached hydrogens (tertiary/aromatic N) is 1. The largest absolute Gasteiger partial charge is 0.493 e. The molecule has 0 saturated carbocycles. The van der Waals surface area contributed by atoms with E-state index in [1.54, 1.807) is 18.2 Å². The minimum atomic E-state index is -1.08. The summed E-state index contributed by atoms with van der Waals surface area (Å²) in [6.45, 7) is -0.471. The third-order valence-corrected chi connectivity index (χ3v) is 5.80. The maximum absolute atomic E-state index is 12.8. The molecule has 0 aromatic heterocycles. The standard InChI is InChI=1S/C19H14INO5S2/c1-25-14-8-11(7-13(20)17(14)26-10-16(22)23)9-15-18(24)21(19(27)28-15)12-5-3-2-4-6-12/h2-9H,10H2,1H3,(H,22,23)/b15-9+. The van der Waals surface area contributed by atoms with E-state index in [4.69, 9.17) is 26.8 Å². The Morgan fingerprint density at radius 2 is 2.04 bits per heavy atom. The van der Waals surface area contributed by atoms with Crippen LogP contribution in [-0.4, -0.2) is 35.0 Å². The zero-order chi connectivity index (χ0) is 20.3.